The Balaban J connectivity index is 1.45. The molecule has 11 heteroatoms. The molecule has 138 valence electrons. The first-order valence-electron chi connectivity index (χ1n) is 8.06. The van der Waals surface area contributed by atoms with Crippen molar-refractivity contribution in [2.75, 3.05) is 26.0 Å². The predicted molar refractivity (Wildman–Crippen MR) is 91.5 cm³/mol. The predicted octanol–water partition coefficient (Wildman–Crippen LogP) is 0.589. The normalized spacial score (nSPS) is 19.0. The molecular weight excluding hydrogens is 360 g/mol. The summed E-state index contributed by atoms with van der Waals surface area (Å²) in [6, 6.07) is 5.45. The Kier molecular flexibility index (Phi) is 4.34. The molecule has 0 aliphatic carbocycles. The van der Waals surface area contributed by atoms with Gasteiger partial charge in [0.25, 0.3) is 0 Å². The third-order valence-corrected chi connectivity index (χ3v) is 5.39. The summed E-state index contributed by atoms with van der Waals surface area (Å²) in [6.07, 6.45) is 4.33. The number of hydrogen-bond donors (Lipinski definition) is 1. The highest BCUT2D eigenvalue weighted by Gasteiger charge is 2.27. The lowest BCUT2D eigenvalue weighted by molar-refractivity contribution is -0.0120. The van der Waals surface area contributed by atoms with Crippen LogP contribution in [0, 0.1) is 0 Å². The van der Waals surface area contributed by atoms with E-state index in [-0.39, 0.29) is 6.10 Å². The molecule has 0 radical (unpaired) electrons. The van der Waals surface area contributed by atoms with Crippen molar-refractivity contribution in [1.82, 2.24) is 29.5 Å². The van der Waals surface area contributed by atoms with Crippen molar-refractivity contribution in [2.45, 2.75) is 12.6 Å². The van der Waals surface area contributed by atoms with Gasteiger partial charge in [-0.25, -0.2) is 13.1 Å². The first-order valence-corrected chi connectivity index (χ1v) is 9.91. The molecule has 0 bridgehead atoms. The number of hydrogen-bond acceptors (Lipinski definition) is 7. The number of aromatic nitrogens is 5. The SMILES string of the molecule is CS(=O)(=O)N1CCOC(Cn2cc(-c3ccc(-c4ccn[nH]4)o3)nn2)C1. The number of ether oxygens (including phenoxy) is 1. The van der Waals surface area contributed by atoms with Crippen molar-refractivity contribution in [2.24, 2.45) is 0 Å². The van der Waals surface area contributed by atoms with Crippen LogP contribution in [-0.2, 0) is 21.3 Å². The molecule has 4 rings (SSSR count). The zero-order chi connectivity index (χ0) is 18.1. The van der Waals surface area contributed by atoms with E-state index in [1.807, 2.05) is 18.2 Å². The number of aromatic amines is 1. The minimum Gasteiger partial charge on any atom is -0.453 e. The number of H-pyrrole nitrogens is 1. The van der Waals surface area contributed by atoms with Crippen LogP contribution in [0.5, 0.6) is 0 Å². The fourth-order valence-electron chi connectivity index (χ4n) is 2.83. The quantitative estimate of drug-likeness (QED) is 0.690. The molecule has 1 fully saturated rings. The van der Waals surface area contributed by atoms with Gasteiger partial charge in [-0.2, -0.15) is 9.40 Å². The third kappa shape index (κ3) is 3.54. The Hall–Kier alpha value is -2.50. The second-order valence-corrected chi connectivity index (χ2v) is 8.06. The van der Waals surface area contributed by atoms with Gasteiger partial charge in [0, 0.05) is 19.3 Å². The van der Waals surface area contributed by atoms with Crippen LogP contribution >= 0.6 is 0 Å². The molecule has 3 aromatic rings. The van der Waals surface area contributed by atoms with Crippen LogP contribution in [0.15, 0.2) is 35.0 Å². The zero-order valence-corrected chi connectivity index (χ0v) is 14.9. The van der Waals surface area contributed by atoms with E-state index < -0.39 is 10.0 Å². The van der Waals surface area contributed by atoms with E-state index in [0.717, 1.165) is 5.69 Å². The standard InChI is InChI=1S/C15H18N6O4S/c1-26(22,23)21-6-7-24-11(9-21)8-20-10-13(18-19-20)15-3-2-14(25-15)12-4-5-16-17-12/h2-5,10-11H,6-9H2,1H3,(H,16,17). The molecular formula is C15H18N6O4S. The maximum absolute atomic E-state index is 11.7. The molecule has 1 aliphatic heterocycles. The van der Waals surface area contributed by atoms with Crippen LogP contribution in [-0.4, -0.2) is 70.0 Å². The largest absolute Gasteiger partial charge is 0.453 e. The average molecular weight is 378 g/mol. The van der Waals surface area contributed by atoms with E-state index >= 15 is 0 Å². The van der Waals surface area contributed by atoms with E-state index in [1.165, 1.54) is 10.6 Å². The van der Waals surface area contributed by atoms with Crippen molar-refractivity contribution >= 4 is 10.0 Å². The molecule has 0 saturated carbocycles. The van der Waals surface area contributed by atoms with Gasteiger partial charge < -0.3 is 9.15 Å². The van der Waals surface area contributed by atoms with Crippen LogP contribution < -0.4 is 0 Å². The Labute approximate surface area is 149 Å². The van der Waals surface area contributed by atoms with Gasteiger partial charge in [0.1, 0.15) is 11.4 Å². The second kappa shape index (κ2) is 6.67. The van der Waals surface area contributed by atoms with Crippen molar-refractivity contribution in [3.8, 4) is 22.9 Å². The van der Waals surface area contributed by atoms with E-state index in [2.05, 4.69) is 20.5 Å². The molecule has 0 aromatic carbocycles. The van der Waals surface area contributed by atoms with Crippen LogP contribution in [0.25, 0.3) is 22.9 Å². The molecule has 3 aromatic heterocycles. The number of sulfonamides is 1. The van der Waals surface area contributed by atoms with Crippen LogP contribution in [0.3, 0.4) is 0 Å². The van der Waals surface area contributed by atoms with Gasteiger partial charge in [0.15, 0.2) is 11.5 Å². The summed E-state index contributed by atoms with van der Waals surface area (Å²) in [7, 11) is -3.22. The lowest BCUT2D eigenvalue weighted by Crippen LogP contribution is -2.46. The molecule has 0 amide bonds. The van der Waals surface area contributed by atoms with E-state index in [0.29, 0.717) is 43.5 Å². The lowest BCUT2D eigenvalue weighted by atomic mass is 10.3. The van der Waals surface area contributed by atoms with E-state index in [4.69, 9.17) is 9.15 Å². The number of nitrogens with one attached hydrogen (secondary N) is 1. The van der Waals surface area contributed by atoms with Gasteiger partial charge in [0.05, 0.1) is 31.7 Å². The average Bonchev–Trinajstić information content (AvgIpc) is 3.35. The molecule has 1 unspecified atom stereocenters. The maximum Gasteiger partial charge on any atom is 0.211 e. The maximum atomic E-state index is 11.7. The highest BCUT2D eigenvalue weighted by atomic mass is 32.2. The molecule has 1 saturated heterocycles. The topological polar surface area (TPSA) is 119 Å². The third-order valence-electron chi connectivity index (χ3n) is 4.12. The smallest absolute Gasteiger partial charge is 0.211 e. The van der Waals surface area contributed by atoms with Gasteiger partial charge in [-0.1, -0.05) is 5.21 Å². The van der Waals surface area contributed by atoms with E-state index in [1.54, 1.807) is 17.1 Å². The summed E-state index contributed by atoms with van der Waals surface area (Å²) in [5.74, 6) is 1.25. The van der Waals surface area contributed by atoms with Gasteiger partial charge in [-0.3, -0.25) is 5.10 Å². The lowest BCUT2D eigenvalue weighted by Gasteiger charge is -2.30. The van der Waals surface area contributed by atoms with Crippen LogP contribution in [0.1, 0.15) is 0 Å². The number of morpholine rings is 1. The highest BCUT2D eigenvalue weighted by molar-refractivity contribution is 7.88. The number of nitrogens with zero attached hydrogens (tertiary/aromatic N) is 5. The summed E-state index contributed by atoms with van der Waals surface area (Å²) in [4.78, 5) is 0. The summed E-state index contributed by atoms with van der Waals surface area (Å²) < 4.78 is 37.8. The zero-order valence-electron chi connectivity index (χ0n) is 14.1. The summed E-state index contributed by atoms with van der Waals surface area (Å²) >= 11 is 0. The Morgan fingerprint density at radius 3 is 2.92 bits per heavy atom. The van der Waals surface area contributed by atoms with Gasteiger partial charge >= 0.3 is 0 Å². The Morgan fingerprint density at radius 1 is 1.31 bits per heavy atom. The minimum atomic E-state index is -3.22. The van der Waals surface area contributed by atoms with Gasteiger partial charge in [-0.15, -0.1) is 5.10 Å². The molecule has 10 nitrogen and oxygen atoms in total. The van der Waals surface area contributed by atoms with Gasteiger partial charge in [-0.05, 0) is 18.2 Å². The second-order valence-electron chi connectivity index (χ2n) is 6.07. The fourth-order valence-corrected chi connectivity index (χ4v) is 3.67. The highest BCUT2D eigenvalue weighted by Crippen LogP contribution is 2.25. The molecule has 0 spiro atoms. The molecule has 26 heavy (non-hydrogen) atoms. The molecule has 1 atom stereocenters. The molecule has 1 N–H and O–H groups in total. The summed E-state index contributed by atoms with van der Waals surface area (Å²) in [5, 5.41) is 14.9. The first kappa shape index (κ1) is 16.9. The van der Waals surface area contributed by atoms with Crippen molar-refractivity contribution in [3.05, 3.63) is 30.6 Å². The Bertz CT molecular complexity index is 978. The minimum absolute atomic E-state index is 0.273. The van der Waals surface area contributed by atoms with Gasteiger partial charge in [0.2, 0.25) is 10.0 Å². The number of rotatable bonds is 5. The van der Waals surface area contributed by atoms with Crippen molar-refractivity contribution < 1.29 is 17.6 Å². The van der Waals surface area contributed by atoms with Crippen molar-refractivity contribution in [3.63, 3.8) is 0 Å². The molecule has 1 aliphatic rings. The first-order chi connectivity index (χ1) is 12.5. The Morgan fingerprint density at radius 2 is 2.15 bits per heavy atom. The molecule has 4 heterocycles. The monoisotopic (exact) mass is 378 g/mol. The van der Waals surface area contributed by atoms with Crippen molar-refractivity contribution in [1.29, 1.82) is 0 Å². The summed E-state index contributed by atoms with van der Waals surface area (Å²) in [5.41, 5.74) is 1.37. The van der Waals surface area contributed by atoms with Crippen LogP contribution in [0.4, 0.5) is 0 Å². The van der Waals surface area contributed by atoms with E-state index in [9.17, 15) is 8.42 Å². The summed E-state index contributed by atoms with van der Waals surface area (Å²) in [6.45, 7) is 1.46. The fraction of sp³-hybridized carbons (Fsp3) is 0.400. The van der Waals surface area contributed by atoms with Crippen LogP contribution in [0.2, 0.25) is 0 Å². The number of furan rings is 1.